The number of carboxylic acid groups (broad SMARTS) is 1. The first-order valence-electron chi connectivity index (χ1n) is 9.56. The fourth-order valence-corrected chi connectivity index (χ4v) is 3.55. The van der Waals surface area contributed by atoms with Crippen LogP contribution in [-0.4, -0.2) is 62.4 Å². The van der Waals surface area contributed by atoms with E-state index in [0.29, 0.717) is 25.1 Å². The summed E-state index contributed by atoms with van der Waals surface area (Å²) in [6.45, 7) is 0.418. The summed E-state index contributed by atoms with van der Waals surface area (Å²) in [6, 6.07) is 6.48. The van der Waals surface area contributed by atoms with Gasteiger partial charge in [0.1, 0.15) is 12.1 Å². The van der Waals surface area contributed by atoms with Gasteiger partial charge < -0.3 is 26.0 Å². The first-order chi connectivity index (χ1) is 14.0. The lowest BCUT2D eigenvalue weighted by molar-refractivity contribution is -0.144. The summed E-state index contributed by atoms with van der Waals surface area (Å²) in [5.74, 6) is -1.92. The van der Waals surface area contributed by atoms with Crippen LogP contribution in [0.25, 0.3) is 0 Å². The molecule has 2 aromatic rings. The number of hydrogen-bond donors (Lipinski definition) is 4. The zero-order valence-corrected chi connectivity index (χ0v) is 16.0. The van der Waals surface area contributed by atoms with E-state index in [2.05, 4.69) is 15.3 Å². The summed E-state index contributed by atoms with van der Waals surface area (Å²) in [5.41, 5.74) is 7.50. The van der Waals surface area contributed by atoms with Gasteiger partial charge in [0.25, 0.3) is 0 Å². The minimum Gasteiger partial charge on any atom is -0.480 e. The summed E-state index contributed by atoms with van der Waals surface area (Å²) < 4.78 is 0. The molecule has 0 spiro atoms. The van der Waals surface area contributed by atoms with Crippen molar-refractivity contribution in [2.45, 2.75) is 43.8 Å². The lowest BCUT2D eigenvalue weighted by Crippen LogP contribution is -2.54. The number of hydrogen-bond acceptors (Lipinski definition) is 5. The van der Waals surface area contributed by atoms with Gasteiger partial charge in [0.15, 0.2) is 0 Å². The molecule has 1 aliphatic rings. The van der Waals surface area contributed by atoms with Crippen molar-refractivity contribution in [3.05, 3.63) is 54.1 Å². The molecule has 1 aromatic carbocycles. The number of aliphatic carboxylic acids is 1. The van der Waals surface area contributed by atoms with Gasteiger partial charge in [-0.2, -0.15) is 0 Å². The predicted octanol–water partition coefficient (Wildman–Crippen LogP) is 0.0826. The van der Waals surface area contributed by atoms with Gasteiger partial charge >= 0.3 is 5.97 Å². The minimum absolute atomic E-state index is 0.168. The number of carbonyl (C=O) groups excluding carboxylic acids is 2. The highest BCUT2D eigenvalue weighted by Crippen LogP contribution is 2.19. The molecule has 1 fully saturated rings. The first kappa shape index (κ1) is 20.5. The number of imidazole rings is 1. The molecule has 154 valence electrons. The van der Waals surface area contributed by atoms with Gasteiger partial charge in [0.2, 0.25) is 11.8 Å². The average molecular weight is 399 g/mol. The molecule has 5 N–H and O–H groups in total. The van der Waals surface area contributed by atoms with E-state index in [4.69, 9.17) is 5.73 Å². The highest BCUT2D eigenvalue weighted by atomic mass is 16.4. The van der Waals surface area contributed by atoms with Crippen molar-refractivity contribution in [2.75, 3.05) is 6.54 Å². The molecule has 0 aliphatic carbocycles. The summed E-state index contributed by atoms with van der Waals surface area (Å²) in [6.07, 6.45) is 4.75. The van der Waals surface area contributed by atoms with Crippen LogP contribution < -0.4 is 11.1 Å². The molecule has 9 nitrogen and oxygen atoms in total. The SMILES string of the molecule is N[C@@H](Cc1c[nH]cn1)C(=O)N1CCC[C@H]1C(=O)N[C@@H](Cc1ccccc1)C(=O)O. The van der Waals surface area contributed by atoms with Crippen molar-refractivity contribution < 1.29 is 19.5 Å². The molecule has 1 saturated heterocycles. The third kappa shape index (κ3) is 5.20. The second-order valence-electron chi connectivity index (χ2n) is 7.15. The highest BCUT2D eigenvalue weighted by molar-refractivity contribution is 5.92. The van der Waals surface area contributed by atoms with E-state index in [0.717, 1.165) is 5.56 Å². The third-order valence-corrected chi connectivity index (χ3v) is 5.04. The van der Waals surface area contributed by atoms with Gasteiger partial charge in [-0.15, -0.1) is 0 Å². The molecule has 0 bridgehead atoms. The van der Waals surface area contributed by atoms with Crippen LogP contribution >= 0.6 is 0 Å². The number of benzene rings is 1. The number of rotatable bonds is 8. The van der Waals surface area contributed by atoms with E-state index in [9.17, 15) is 19.5 Å². The molecule has 3 rings (SSSR count). The van der Waals surface area contributed by atoms with E-state index in [1.807, 2.05) is 30.3 Å². The van der Waals surface area contributed by atoms with Crippen LogP contribution in [0.2, 0.25) is 0 Å². The van der Waals surface area contributed by atoms with Crippen molar-refractivity contribution >= 4 is 17.8 Å². The van der Waals surface area contributed by atoms with E-state index in [1.165, 1.54) is 11.2 Å². The Hall–Kier alpha value is -3.20. The van der Waals surface area contributed by atoms with E-state index < -0.39 is 30.0 Å². The fraction of sp³-hybridized carbons (Fsp3) is 0.400. The van der Waals surface area contributed by atoms with E-state index in [1.54, 1.807) is 6.20 Å². The molecule has 0 saturated carbocycles. The molecule has 29 heavy (non-hydrogen) atoms. The number of carbonyl (C=O) groups is 3. The number of aromatic amines is 1. The number of aromatic nitrogens is 2. The quantitative estimate of drug-likeness (QED) is 0.495. The van der Waals surface area contributed by atoms with E-state index in [-0.39, 0.29) is 18.7 Å². The average Bonchev–Trinajstić information content (AvgIpc) is 3.39. The topological polar surface area (TPSA) is 141 Å². The lowest BCUT2D eigenvalue weighted by Gasteiger charge is -2.27. The Balaban J connectivity index is 1.63. The Morgan fingerprint density at radius 1 is 1.28 bits per heavy atom. The smallest absolute Gasteiger partial charge is 0.326 e. The second-order valence-corrected chi connectivity index (χ2v) is 7.15. The van der Waals surface area contributed by atoms with Crippen LogP contribution in [0, 0.1) is 0 Å². The summed E-state index contributed by atoms with van der Waals surface area (Å²) in [5, 5.41) is 12.1. The molecule has 3 atom stereocenters. The maximum absolute atomic E-state index is 12.8. The predicted molar refractivity (Wildman–Crippen MR) is 105 cm³/mol. The maximum Gasteiger partial charge on any atom is 0.326 e. The van der Waals surface area contributed by atoms with Gasteiger partial charge in [-0.3, -0.25) is 9.59 Å². The summed E-state index contributed by atoms with van der Waals surface area (Å²) >= 11 is 0. The van der Waals surface area contributed by atoms with Gasteiger partial charge in [0.05, 0.1) is 18.1 Å². The highest BCUT2D eigenvalue weighted by Gasteiger charge is 2.37. The van der Waals surface area contributed by atoms with Crippen molar-refractivity contribution in [3.63, 3.8) is 0 Å². The standard InChI is InChI=1S/C20H25N5O4/c21-15(10-14-11-22-12-23-14)19(27)25-8-4-7-17(25)18(26)24-16(20(28)29)9-13-5-2-1-3-6-13/h1-3,5-6,11-12,15-17H,4,7-10,21H2,(H,22,23)(H,24,26)(H,28,29)/t15-,16-,17-/m0/s1. The van der Waals surface area contributed by atoms with E-state index >= 15 is 0 Å². The Labute approximate surface area is 168 Å². The van der Waals surface area contributed by atoms with Crippen LogP contribution in [0.1, 0.15) is 24.1 Å². The zero-order chi connectivity index (χ0) is 20.8. The molecule has 9 heteroatoms. The van der Waals surface area contributed by atoms with Gasteiger partial charge in [-0.1, -0.05) is 30.3 Å². The largest absolute Gasteiger partial charge is 0.480 e. The van der Waals surface area contributed by atoms with Crippen LogP contribution in [-0.2, 0) is 27.2 Å². The fourth-order valence-electron chi connectivity index (χ4n) is 3.55. The number of carboxylic acids is 1. The maximum atomic E-state index is 12.8. The van der Waals surface area contributed by atoms with Crippen molar-refractivity contribution in [3.8, 4) is 0 Å². The number of nitrogens with zero attached hydrogens (tertiary/aromatic N) is 2. The Kier molecular flexibility index (Phi) is 6.61. The van der Waals surface area contributed by atoms with Gasteiger partial charge in [-0.25, -0.2) is 9.78 Å². The van der Waals surface area contributed by atoms with Crippen LogP contribution in [0.5, 0.6) is 0 Å². The number of likely N-dealkylation sites (tertiary alicyclic amines) is 1. The van der Waals surface area contributed by atoms with Gasteiger partial charge in [0, 0.05) is 25.6 Å². The second kappa shape index (κ2) is 9.33. The van der Waals surface area contributed by atoms with Gasteiger partial charge in [-0.05, 0) is 18.4 Å². The molecule has 2 amide bonds. The number of nitrogens with one attached hydrogen (secondary N) is 2. The Bertz CT molecular complexity index is 840. The number of nitrogens with two attached hydrogens (primary N) is 1. The summed E-state index contributed by atoms with van der Waals surface area (Å²) in [4.78, 5) is 45.5. The van der Waals surface area contributed by atoms with Crippen LogP contribution in [0.4, 0.5) is 0 Å². The monoisotopic (exact) mass is 399 g/mol. The third-order valence-electron chi connectivity index (χ3n) is 5.04. The minimum atomic E-state index is -1.12. The van der Waals surface area contributed by atoms with Crippen molar-refractivity contribution in [1.82, 2.24) is 20.2 Å². The number of amides is 2. The van der Waals surface area contributed by atoms with Crippen molar-refractivity contribution in [2.24, 2.45) is 5.73 Å². The molecule has 1 aliphatic heterocycles. The first-order valence-corrected chi connectivity index (χ1v) is 9.56. The molecular formula is C20H25N5O4. The molecule has 0 radical (unpaired) electrons. The number of H-pyrrole nitrogens is 1. The molecule has 1 aromatic heterocycles. The molecular weight excluding hydrogens is 374 g/mol. The normalized spacial score (nSPS) is 18.2. The van der Waals surface area contributed by atoms with Crippen molar-refractivity contribution in [1.29, 1.82) is 0 Å². The Morgan fingerprint density at radius 2 is 2.03 bits per heavy atom. The van der Waals surface area contributed by atoms with Crippen LogP contribution in [0.15, 0.2) is 42.9 Å². The Morgan fingerprint density at radius 3 is 2.69 bits per heavy atom. The van der Waals surface area contributed by atoms with Crippen LogP contribution in [0.3, 0.4) is 0 Å². The molecule has 0 unspecified atom stereocenters. The summed E-state index contributed by atoms with van der Waals surface area (Å²) in [7, 11) is 0. The zero-order valence-electron chi connectivity index (χ0n) is 16.0. The molecule has 2 heterocycles. The lowest BCUT2D eigenvalue weighted by atomic mass is 10.0.